The van der Waals surface area contributed by atoms with E-state index in [2.05, 4.69) is 9.82 Å². The van der Waals surface area contributed by atoms with Gasteiger partial charge in [0.2, 0.25) is 0 Å². The molecule has 4 rings (SSSR count). The number of Topliss-reactive ketones (excluding diaryl/α,β-unsaturated/α-hetero) is 1. The maximum absolute atomic E-state index is 13.0. The number of rotatable bonds is 7. The van der Waals surface area contributed by atoms with Gasteiger partial charge in [-0.3, -0.25) is 9.59 Å². The second-order valence-electron chi connectivity index (χ2n) is 7.28. The fourth-order valence-corrected chi connectivity index (χ4v) is 6.46. The van der Waals surface area contributed by atoms with Crippen molar-refractivity contribution in [3.05, 3.63) is 66.0 Å². The van der Waals surface area contributed by atoms with Crippen molar-refractivity contribution >= 4 is 33.1 Å². The molecule has 1 fully saturated rings. The first-order chi connectivity index (χ1) is 14.2. The van der Waals surface area contributed by atoms with E-state index < -0.39 is 33.4 Å². The summed E-state index contributed by atoms with van der Waals surface area (Å²) in [7, 11) is -4.09. The highest BCUT2D eigenvalue weighted by molar-refractivity contribution is 7.91. The third-order valence-corrected chi connectivity index (χ3v) is 8.51. The lowest BCUT2D eigenvalue weighted by molar-refractivity contribution is -0.140. The van der Waals surface area contributed by atoms with E-state index in [0.717, 1.165) is 16.9 Å². The predicted octanol–water partition coefficient (Wildman–Crippen LogP) is 2.67. The molecule has 156 valence electrons. The molecule has 1 aliphatic rings. The summed E-state index contributed by atoms with van der Waals surface area (Å²) in [6.07, 6.45) is 2.93. The Morgan fingerprint density at radius 2 is 1.90 bits per heavy atom. The van der Waals surface area contributed by atoms with Crippen LogP contribution in [0.25, 0.3) is 5.00 Å². The molecule has 0 bridgehead atoms. The van der Waals surface area contributed by atoms with Crippen molar-refractivity contribution in [3.8, 4) is 5.00 Å². The molecule has 1 unspecified atom stereocenters. The number of aliphatic carboxylic acids is 1. The van der Waals surface area contributed by atoms with Gasteiger partial charge in [-0.15, -0.1) is 11.3 Å². The first kappa shape index (κ1) is 20.5. The minimum Gasteiger partial charge on any atom is -0.480 e. The topological polar surface area (TPSA) is 118 Å². The van der Waals surface area contributed by atoms with E-state index in [1.165, 1.54) is 30.1 Å². The lowest BCUT2D eigenvalue weighted by Gasteiger charge is -2.15. The molecule has 0 saturated heterocycles. The van der Waals surface area contributed by atoms with Gasteiger partial charge in [-0.1, -0.05) is 37.3 Å². The largest absolute Gasteiger partial charge is 0.480 e. The van der Waals surface area contributed by atoms with E-state index in [-0.39, 0.29) is 9.99 Å². The van der Waals surface area contributed by atoms with Crippen LogP contribution in [0.3, 0.4) is 0 Å². The van der Waals surface area contributed by atoms with Gasteiger partial charge in [0.15, 0.2) is 5.78 Å². The molecule has 1 aromatic carbocycles. The molecule has 0 radical (unpaired) electrons. The Balaban J connectivity index is 1.63. The molecule has 8 nitrogen and oxygen atoms in total. The van der Waals surface area contributed by atoms with Gasteiger partial charge < -0.3 is 5.11 Å². The smallest absolute Gasteiger partial charge is 0.325 e. The number of sulfonamides is 1. The molecule has 0 amide bonds. The van der Waals surface area contributed by atoms with Gasteiger partial charge in [0.1, 0.15) is 14.7 Å². The highest BCUT2D eigenvalue weighted by Gasteiger charge is 2.70. The minimum absolute atomic E-state index is 0.0242. The lowest BCUT2D eigenvalue weighted by Crippen LogP contribution is -2.45. The maximum atomic E-state index is 13.0. The van der Waals surface area contributed by atoms with Crippen LogP contribution in [-0.2, 0) is 14.8 Å². The zero-order chi connectivity index (χ0) is 21.7. The van der Waals surface area contributed by atoms with Gasteiger partial charge in [0.05, 0.1) is 11.8 Å². The average molecular weight is 446 g/mol. The zero-order valence-corrected chi connectivity index (χ0v) is 17.8. The second-order valence-corrected chi connectivity index (χ2v) is 10.3. The van der Waals surface area contributed by atoms with Gasteiger partial charge in [-0.25, -0.2) is 13.1 Å². The quantitative estimate of drug-likeness (QED) is 0.540. The molecule has 0 aliphatic heterocycles. The average Bonchev–Trinajstić information content (AvgIpc) is 3.14. The van der Waals surface area contributed by atoms with Crippen molar-refractivity contribution in [2.24, 2.45) is 5.92 Å². The number of benzene rings is 1. The fraction of sp³-hybridized carbons (Fsp3) is 0.250. The molecule has 30 heavy (non-hydrogen) atoms. The predicted molar refractivity (Wildman–Crippen MR) is 110 cm³/mol. The third-order valence-electron chi connectivity index (χ3n) is 5.46. The Morgan fingerprint density at radius 3 is 2.50 bits per heavy atom. The van der Waals surface area contributed by atoms with Crippen LogP contribution in [0.5, 0.6) is 0 Å². The summed E-state index contributed by atoms with van der Waals surface area (Å²) in [6, 6.07) is 12.0. The van der Waals surface area contributed by atoms with Gasteiger partial charge in [0, 0.05) is 12.1 Å². The molecule has 10 heteroatoms. The molecule has 2 heterocycles. The molecule has 1 saturated carbocycles. The van der Waals surface area contributed by atoms with Crippen molar-refractivity contribution in [1.29, 1.82) is 0 Å². The van der Waals surface area contributed by atoms with Gasteiger partial charge >= 0.3 is 5.97 Å². The van der Waals surface area contributed by atoms with Crippen molar-refractivity contribution < 1.29 is 23.1 Å². The number of carboxylic acid groups (broad SMARTS) is 1. The standard InChI is InChI=1S/C20H19N3O5S2/c1-12-18(14-6-4-3-5-7-14)20(12,19(25)26)22-30(27,28)17-9-8-16(29-17)23-11-15(10-21-23)13(2)24/h3-12,18,22H,1-2H3,(H,25,26)/t12?,18-,20-/m0/s1. The third kappa shape index (κ3) is 3.26. The summed E-state index contributed by atoms with van der Waals surface area (Å²) in [5, 5.41) is 14.5. The monoisotopic (exact) mass is 445 g/mol. The Kier molecular flexibility index (Phi) is 4.88. The summed E-state index contributed by atoms with van der Waals surface area (Å²) < 4.78 is 29.9. The zero-order valence-electron chi connectivity index (χ0n) is 16.1. The van der Waals surface area contributed by atoms with E-state index in [1.54, 1.807) is 37.3 Å². The van der Waals surface area contributed by atoms with Gasteiger partial charge in [-0.2, -0.15) is 9.82 Å². The Labute approximate surface area is 177 Å². The van der Waals surface area contributed by atoms with E-state index in [0.29, 0.717) is 10.6 Å². The summed E-state index contributed by atoms with van der Waals surface area (Å²) >= 11 is 0.942. The number of nitrogens with zero attached hydrogens (tertiary/aromatic N) is 2. The van der Waals surface area contributed by atoms with E-state index in [9.17, 15) is 23.1 Å². The van der Waals surface area contributed by atoms with Crippen LogP contribution in [0.15, 0.2) is 59.1 Å². The summed E-state index contributed by atoms with van der Waals surface area (Å²) in [5.41, 5.74) is -0.416. The molecule has 2 aromatic heterocycles. The lowest BCUT2D eigenvalue weighted by atomic mass is 10.1. The first-order valence-corrected chi connectivity index (χ1v) is 11.4. The Hall–Kier alpha value is -2.82. The van der Waals surface area contributed by atoms with Crippen molar-refractivity contribution in [3.63, 3.8) is 0 Å². The highest BCUT2D eigenvalue weighted by atomic mass is 32.2. The molecular formula is C20H19N3O5S2. The summed E-state index contributed by atoms with van der Waals surface area (Å²) in [5.74, 6) is -2.22. The number of thiophene rings is 1. The molecule has 1 aliphatic carbocycles. The summed E-state index contributed by atoms with van der Waals surface area (Å²) in [4.78, 5) is 23.6. The molecule has 0 spiro atoms. The van der Waals surface area contributed by atoms with Crippen LogP contribution in [0.1, 0.15) is 35.7 Å². The summed E-state index contributed by atoms with van der Waals surface area (Å²) in [6.45, 7) is 3.14. The molecule has 2 N–H and O–H groups in total. The van der Waals surface area contributed by atoms with Crippen molar-refractivity contribution in [2.45, 2.75) is 29.5 Å². The van der Waals surface area contributed by atoms with Crippen LogP contribution < -0.4 is 4.72 Å². The number of ketones is 1. The van der Waals surface area contributed by atoms with Crippen LogP contribution in [0.2, 0.25) is 0 Å². The first-order valence-electron chi connectivity index (χ1n) is 9.15. The SMILES string of the molecule is CC(=O)c1cnn(-c2ccc(S(=O)(=O)N[C@@]3(C(=O)O)C(C)[C@H]3c3ccccc3)s2)c1. The van der Waals surface area contributed by atoms with Gasteiger partial charge in [-0.05, 0) is 30.5 Å². The normalized spacial score (nSPS) is 23.3. The van der Waals surface area contributed by atoms with Gasteiger partial charge in [0.25, 0.3) is 10.0 Å². The van der Waals surface area contributed by atoms with Crippen LogP contribution in [0, 0.1) is 5.92 Å². The van der Waals surface area contributed by atoms with E-state index in [1.807, 2.05) is 6.07 Å². The van der Waals surface area contributed by atoms with Crippen molar-refractivity contribution in [2.75, 3.05) is 0 Å². The molecule has 3 aromatic rings. The maximum Gasteiger partial charge on any atom is 0.325 e. The minimum atomic E-state index is -4.09. The molecular weight excluding hydrogens is 426 g/mol. The number of hydrogen-bond donors (Lipinski definition) is 2. The number of carboxylic acids is 1. The highest BCUT2D eigenvalue weighted by Crippen LogP contribution is 2.58. The van der Waals surface area contributed by atoms with E-state index in [4.69, 9.17) is 0 Å². The van der Waals surface area contributed by atoms with E-state index >= 15 is 0 Å². The fourth-order valence-electron chi connectivity index (χ4n) is 3.78. The van der Waals surface area contributed by atoms with Crippen LogP contribution >= 0.6 is 11.3 Å². The van der Waals surface area contributed by atoms with Crippen LogP contribution in [0.4, 0.5) is 0 Å². The second kappa shape index (κ2) is 7.15. The molecule has 3 atom stereocenters. The number of nitrogens with one attached hydrogen (secondary N) is 1. The Bertz CT molecular complexity index is 1230. The number of hydrogen-bond acceptors (Lipinski definition) is 6. The number of aromatic nitrogens is 2. The number of carbonyl (C=O) groups excluding carboxylic acids is 1. The number of carbonyl (C=O) groups is 2. The van der Waals surface area contributed by atoms with Crippen molar-refractivity contribution in [1.82, 2.24) is 14.5 Å². The van der Waals surface area contributed by atoms with Crippen LogP contribution in [-0.4, -0.2) is 40.6 Å². The Morgan fingerprint density at radius 1 is 1.20 bits per heavy atom.